The van der Waals surface area contributed by atoms with Crippen molar-refractivity contribution in [3.63, 3.8) is 0 Å². The number of aryl methyl sites for hydroxylation is 2. The second-order valence-electron chi connectivity index (χ2n) is 3.50. The van der Waals surface area contributed by atoms with E-state index < -0.39 is 0 Å². The van der Waals surface area contributed by atoms with Gasteiger partial charge in [0.15, 0.2) is 5.75 Å². The Morgan fingerprint density at radius 3 is 2.94 bits per heavy atom. The van der Waals surface area contributed by atoms with Crippen LogP contribution in [0.3, 0.4) is 0 Å². The number of hydrogen-bond donors (Lipinski definition) is 1. The van der Waals surface area contributed by atoms with Crippen LogP contribution in [0, 0.1) is 6.92 Å². The number of ether oxygens (including phenoxy) is 1. The Labute approximate surface area is 93.9 Å². The van der Waals surface area contributed by atoms with E-state index in [0.29, 0.717) is 18.2 Å². The molecule has 2 aromatic heterocycles. The molecule has 0 atom stereocenters. The molecule has 0 unspecified atom stereocenters. The lowest BCUT2D eigenvalue weighted by molar-refractivity contribution is 0.423. The summed E-state index contributed by atoms with van der Waals surface area (Å²) in [6, 6.07) is 5.53. The van der Waals surface area contributed by atoms with Crippen LogP contribution in [-0.4, -0.2) is 14.8 Å². The molecule has 0 amide bonds. The summed E-state index contributed by atoms with van der Waals surface area (Å²) in [5.41, 5.74) is 7.23. The number of aromatic nitrogens is 3. The molecule has 0 spiro atoms. The van der Waals surface area contributed by atoms with Crippen molar-refractivity contribution < 1.29 is 4.74 Å². The second-order valence-corrected chi connectivity index (χ2v) is 3.50. The summed E-state index contributed by atoms with van der Waals surface area (Å²) in [5, 5.41) is 4.20. The van der Waals surface area contributed by atoms with Gasteiger partial charge in [-0.25, -0.2) is 4.68 Å². The molecule has 2 N–H and O–H groups in total. The second kappa shape index (κ2) is 4.32. The number of hydrogen-bond acceptors (Lipinski definition) is 4. The maximum absolute atomic E-state index is 5.71. The highest BCUT2D eigenvalue weighted by atomic mass is 16.5. The van der Waals surface area contributed by atoms with Crippen LogP contribution in [0.2, 0.25) is 0 Å². The fraction of sp³-hybridized carbons (Fsp3) is 0.273. The van der Waals surface area contributed by atoms with E-state index in [1.165, 1.54) is 0 Å². The quantitative estimate of drug-likeness (QED) is 0.845. The standard InChI is InChI=1S/C11H14N4O/c1-8-6-11(15(2)14-8)16-10-4-3-5-13-9(10)7-12/h3-6H,7,12H2,1-2H3. The zero-order valence-corrected chi connectivity index (χ0v) is 9.34. The summed E-state index contributed by atoms with van der Waals surface area (Å²) >= 11 is 0. The van der Waals surface area contributed by atoms with Crippen LogP contribution >= 0.6 is 0 Å². The normalized spacial score (nSPS) is 10.4. The van der Waals surface area contributed by atoms with Crippen molar-refractivity contribution in [3.05, 3.63) is 35.8 Å². The summed E-state index contributed by atoms with van der Waals surface area (Å²) in [7, 11) is 1.83. The molecular weight excluding hydrogens is 204 g/mol. The van der Waals surface area contributed by atoms with Gasteiger partial charge in [-0.05, 0) is 19.1 Å². The molecule has 0 aliphatic heterocycles. The highest BCUT2D eigenvalue weighted by Crippen LogP contribution is 2.23. The van der Waals surface area contributed by atoms with E-state index in [9.17, 15) is 0 Å². The average molecular weight is 218 g/mol. The largest absolute Gasteiger partial charge is 0.437 e. The third-order valence-corrected chi connectivity index (χ3v) is 2.22. The van der Waals surface area contributed by atoms with Crippen molar-refractivity contribution in [1.29, 1.82) is 0 Å². The van der Waals surface area contributed by atoms with E-state index >= 15 is 0 Å². The highest BCUT2D eigenvalue weighted by Gasteiger charge is 2.07. The van der Waals surface area contributed by atoms with E-state index in [0.717, 1.165) is 11.4 Å². The predicted molar refractivity (Wildman–Crippen MR) is 60.1 cm³/mol. The number of nitrogens with two attached hydrogens (primary N) is 1. The topological polar surface area (TPSA) is 66.0 Å². The summed E-state index contributed by atoms with van der Waals surface area (Å²) in [6.07, 6.45) is 1.70. The van der Waals surface area contributed by atoms with Crippen LogP contribution in [0.15, 0.2) is 24.4 Å². The molecule has 0 fully saturated rings. The molecule has 0 bridgehead atoms. The number of nitrogens with zero attached hydrogens (tertiary/aromatic N) is 3. The Morgan fingerprint density at radius 1 is 1.50 bits per heavy atom. The molecule has 84 valence electrons. The van der Waals surface area contributed by atoms with Crippen LogP contribution in [0.1, 0.15) is 11.4 Å². The smallest absolute Gasteiger partial charge is 0.217 e. The Hall–Kier alpha value is -1.88. The highest BCUT2D eigenvalue weighted by molar-refractivity contribution is 5.31. The maximum atomic E-state index is 5.71. The molecule has 0 aliphatic carbocycles. The van der Waals surface area contributed by atoms with E-state index in [-0.39, 0.29) is 0 Å². The van der Waals surface area contributed by atoms with E-state index in [4.69, 9.17) is 10.5 Å². The lowest BCUT2D eigenvalue weighted by Gasteiger charge is -2.08. The third-order valence-electron chi connectivity index (χ3n) is 2.22. The summed E-state index contributed by atoms with van der Waals surface area (Å²) in [5.74, 6) is 1.35. The first kappa shape index (κ1) is 10.6. The molecule has 0 saturated heterocycles. The zero-order valence-electron chi connectivity index (χ0n) is 9.34. The van der Waals surface area contributed by atoms with Gasteiger partial charge in [-0.1, -0.05) is 0 Å². The van der Waals surface area contributed by atoms with Gasteiger partial charge in [0.25, 0.3) is 0 Å². The molecule has 0 saturated carbocycles. The first-order valence-corrected chi connectivity index (χ1v) is 5.03. The first-order valence-electron chi connectivity index (χ1n) is 5.03. The summed E-state index contributed by atoms with van der Waals surface area (Å²) in [4.78, 5) is 4.15. The van der Waals surface area contributed by atoms with Gasteiger partial charge in [-0.15, -0.1) is 0 Å². The van der Waals surface area contributed by atoms with Gasteiger partial charge < -0.3 is 10.5 Å². The summed E-state index contributed by atoms with van der Waals surface area (Å²) < 4.78 is 7.39. The van der Waals surface area contributed by atoms with Crippen LogP contribution < -0.4 is 10.5 Å². The number of pyridine rings is 1. The molecule has 2 aromatic rings. The third kappa shape index (κ3) is 2.04. The molecule has 5 heteroatoms. The van der Waals surface area contributed by atoms with Crippen LogP contribution in [0.4, 0.5) is 0 Å². The molecule has 5 nitrogen and oxygen atoms in total. The minimum atomic E-state index is 0.354. The Balaban J connectivity index is 2.30. The van der Waals surface area contributed by atoms with Gasteiger partial charge in [-0.3, -0.25) is 4.98 Å². The van der Waals surface area contributed by atoms with Crippen molar-refractivity contribution in [1.82, 2.24) is 14.8 Å². The fourth-order valence-corrected chi connectivity index (χ4v) is 1.46. The lowest BCUT2D eigenvalue weighted by Crippen LogP contribution is -2.03. The molecule has 2 heterocycles. The Kier molecular flexibility index (Phi) is 2.87. The predicted octanol–water partition coefficient (Wildman–Crippen LogP) is 1.37. The van der Waals surface area contributed by atoms with Gasteiger partial charge >= 0.3 is 0 Å². The SMILES string of the molecule is Cc1cc(Oc2cccnc2CN)n(C)n1. The molecule has 0 aromatic carbocycles. The first-order chi connectivity index (χ1) is 7.70. The van der Waals surface area contributed by atoms with Gasteiger partial charge in [0.1, 0.15) is 0 Å². The van der Waals surface area contributed by atoms with E-state index in [1.54, 1.807) is 10.9 Å². The van der Waals surface area contributed by atoms with Crippen molar-refractivity contribution in [2.45, 2.75) is 13.5 Å². The maximum Gasteiger partial charge on any atom is 0.217 e. The van der Waals surface area contributed by atoms with Gasteiger partial charge in [0.05, 0.1) is 11.4 Å². The number of rotatable bonds is 3. The van der Waals surface area contributed by atoms with E-state index in [2.05, 4.69) is 10.1 Å². The monoisotopic (exact) mass is 218 g/mol. The van der Waals surface area contributed by atoms with Crippen molar-refractivity contribution in [3.8, 4) is 11.6 Å². The Morgan fingerprint density at radius 2 is 2.31 bits per heavy atom. The van der Waals surface area contributed by atoms with Crippen LogP contribution in [-0.2, 0) is 13.6 Å². The van der Waals surface area contributed by atoms with Gasteiger partial charge in [0, 0.05) is 25.9 Å². The molecule has 0 aliphatic rings. The average Bonchev–Trinajstić information content (AvgIpc) is 2.58. The Bertz CT molecular complexity index is 492. The minimum Gasteiger partial charge on any atom is -0.437 e. The van der Waals surface area contributed by atoms with Gasteiger partial charge in [0.2, 0.25) is 5.88 Å². The van der Waals surface area contributed by atoms with Crippen molar-refractivity contribution in [2.75, 3.05) is 0 Å². The zero-order chi connectivity index (χ0) is 11.5. The molecular formula is C11H14N4O. The lowest BCUT2D eigenvalue weighted by atomic mass is 10.3. The van der Waals surface area contributed by atoms with Crippen molar-refractivity contribution in [2.24, 2.45) is 12.8 Å². The van der Waals surface area contributed by atoms with Crippen LogP contribution in [0.25, 0.3) is 0 Å². The summed E-state index contributed by atoms with van der Waals surface area (Å²) in [6.45, 7) is 2.27. The molecule has 0 radical (unpaired) electrons. The fourth-order valence-electron chi connectivity index (χ4n) is 1.46. The molecule has 16 heavy (non-hydrogen) atoms. The van der Waals surface area contributed by atoms with Gasteiger partial charge in [-0.2, -0.15) is 5.10 Å². The molecule has 2 rings (SSSR count). The van der Waals surface area contributed by atoms with Crippen LogP contribution in [0.5, 0.6) is 11.6 Å². The van der Waals surface area contributed by atoms with E-state index in [1.807, 2.05) is 32.2 Å². The minimum absolute atomic E-state index is 0.354. The van der Waals surface area contributed by atoms with Crippen molar-refractivity contribution >= 4 is 0 Å².